The Hall–Kier alpha value is -1.89. The highest BCUT2D eigenvalue weighted by atomic mass is 16.5. The highest BCUT2D eigenvalue weighted by molar-refractivity contribution is 5.89. The van der Waals surface area contributed by atoms with Gasteiger partial charge in [0.2, 0.25) is 0 Å². The number of likely N-dealkylation sites (N-methyl/N-ethyl adjacent to an activating group) is 1. The minimum Gasteiger partial charge on any atom is -0.478 e. The molecular formula is C21H39NO6. The molecule has 2 N–H and O–H groups in total. The van der Waals surface area contributed by atoms with Crippen molar-refractivity contribution in [3.05, 3.63) is 12.2 Å². The van der Waals surface area contributed by atoms with E-state index in [1.165, 1.54) is 57.8 Å². The van der Waals surface area contributed by atoms with E-state index in [1.807, 2.05) is 25.9 Å². The minimum atomic E-state index is -1.26. The summed E-state index contributed by atoms with van der Waals surface area (Å²) >= 11 is 0. The van der Waals surface area contributed by atoms with Crippen molar-refractivity contribution in [2.45, 2.75) is 84.1 Å². The highest BCUT2D eigenvalue weighted by Gasteiger charge is 2.15. The highest BCUT2D eigenvalue weighted by Crippen LogP contribution is 2.10. The molecule has 0 amide bonds. The van der Waals surface area contributed by atoms with Gasteiger partial charge in [-0.05, 0) is 27.4 Å². The van der Waals surface area contributed by atoms with Gasteiger partial charge in [0, 0.05) is 12.2 Å². The van der Waals surface area contributed by atoms with Gasteiger partial charge >= 0.3 is 17.9 Å². The van der Waals surface area contributed by atoms with E-state index in [1.54, 1.807) is 0 Å². The van der Waals surface area contributed by atoms with Crippen LogP contribution in [0.3, 0.4) is 0 Å². The molecule has 0 aromatic carbocycles. The second kappa shape index (κ2) is 19.9. The number of hydrogen-bond donors (Lipinski definition) is 2. The Morgan fingerprint density at radius 3 is 1.57 bits per heavy atom. The van der Waals surface area contributed by atoms with Crippen LogP contribution in [0.15, 0.2) is 12.2 Å². The zero-order chi connectivity index (χ0) is 21.8. The number of ether oxygens (including phenoxy) is 1. The Labute approximate surface area is 169 Å². The summed E-state index contributed by atoms with van der Waals surface area (Å²) in [5.74, 6) is -2.62. The lowest BCUT2D eigenvalue weighted by Gasteiger charge is -2.17. The Balaban J connectivity index is 0. The van der Waals surface area contributed by atoms with Crippen molar-refractivity contribution in [1.29, 1.82) is 0 Å². The summed E-state index contributed by atoms with van der Waals surface area (Å²) in [7, 11) is 3.79. The lowest BCUT2D eigenvalue weighted by molar-refractivity contribution is -0.148. The second-order valence-corrected chi connectivity index (χ2v) is 7.00. The fourth-order valence-electron chi connectivity index (χ4n) is 2.24. The molecule has 0 fully saturated rings. The van der Waals surface area contributed by atoms with E-state index in [0.29, 0.717) is 18.8 Å². The number of hydrogen-bond acceptors (Lipinski definition) is 5. The van der Waals surface area contributed by atoms with Crippen LogP contribution in [-0.2, 0) is 19.1 Å². The number of carboxylic acids is 2. The molecular weight excluding hydrogens is 362 g/mol. The number of aliphatic carboxylic acids is 2. The third kappa shape index (κ3) is 22.2. The summed E-state index contributed by atoms with van der Waals surface area (Å²) in [5.41, 5.74) is 0. The number of carbonyl (C=O) groups is 3. The van der Waals surface area contributed by atoms with Gasteiger partial charge in [-0.3, -0.25) is 9.69 Å². The monoisotopic (exact) mass is 401 g/mol. The van der Waals surface area contributed by atoms with Gasteiger partial charge in [-0.25, -0.2) is 9.59 Å². The van der Waals surface area contributed by atoms with Crippen molar-refractivity contribution < 1.29 is 29.3 Å². The van der Waals surface area contributed by atoms with Gasteiger partial charge < -0.3 is 14.9 Å². The molecule has 0 saturated carbocycles. The van der Waals surface area contributed by atoms with E-state index >= 15 is 0 Å². The standard InChI is InChI=1S/C17H35NO2.C4H4O4/c1-5-6-7-8-9-10-11-12-13-14-15-20-17(19)16(2)18(3)4;5-3(6)1-2-4(7)8/h16H,5-15H2,1-4H3;1-2H,(H,5,6)(H,7,8). The fourth-order valence-corrected chi connectivity index (χ4v) is 2.24. The van der Waals surface area contributed by atoms with Crippen molar-refractivity contribution in [2.24, 2.45) is 0 Å². The Morgan fingerprint density at radius 2 is 1.21 bits per heavy atom. The average Bonchev–Trinajstić information content (AvgIpc) is 2.64. The van der Waals surface area contributed by atoms with Gasteiger partial charge in [-0.15, -0.1) is 0 Å². The number of unbranched alkanes of at least 4 members (excludes halogenated alkanes) is 9. The van der Waals surface area contributed by atoms with Gasteiger partial charge in [-0.1, -0.05) is 64.7 Å². The molecule has 0 aliphatic rings. The van der Waals surface area contributed by atoms with Crippen molar-refractivity contribution in [3.63, 3.8) is 0 Å². The molecule has 1 unspecified atom stereocenters. The van der Waals surface area contributed by atoms with Crippen molar-refractivity contribution in [1.82, 2.24) is 4.90 Å². The number of rotatable bonds is 15. The molecule has 0 aromatic heterocycles. The fraction of sp³-hybridized carbons (Fsp3) is 0.762. The molecule has 0 rings (SSSR count). The van der Waals surface area contributed by atoms with E-state index in [4.69, 9.17) is 14.9 Å². The SMILES string of the molecule is CCCCCCCCCCCCOC(=O)C(C)N(C)C.O=C(O)C=CC(=O)O. The minimum absolute atomic E-state index is 0.106. The van der Waals surface area contributed by atoms with Gasteiger partial charge in [0.05, 0.1) is 6.61 Å². The van der Waals surface area contributed by atoms with Crippen LogP contribution in [0.5, 0.6) is 0 Å². The van der Waals surface area contributed by atoms with Gasteiger partial charge in [0.15, 0.2) is 0 Å². The third-order valence-corrected chi connectivity index (χ3v) is 4.23. The lowest BCUT2D eigenvalue weighted by Crippen LogP contribution is -2.34. The number of carbonyl (C=O) groups excluding carboxylic acids is 1. The topological polar surface area (TPSA) is 104 Å². The summed E-state index contributed by atoms with van der Waals surface area (Å²) < 4.78 is 5.26. The molecule has 28 heavy (non-hydrogen) atoms. The summed E-state index contributed by atoms with van der Waals surface area (Å²) in [6, 6.07) is -0.141. The van der Waals surface area contributed by atoms with Crippen LogP contribution in [-0.4, -0.2) is 59.8 Å². The number of nitrogens with zero attached hydrogens (tertiary/aromatic N) is 1. The van der Waals surface area contributed by atoms with E-state index in [2.05, 4.69) is 6.92 Å². The van der Waals surface area contributed by atoms with Crippen LogP contribution in [0.1, 0.15) is 78.1 Å². The Bertz CT molecular complexity index is 432. The zero-order valence-electron chi connectivity index (χ0n) is 18.0. The zero-order valence-corrected chi connectivity index (χ0v) is 18.0. The van der Waals surface area contributed by atoms with Crippen LogP contribution in [0.2, 0.25) is 0 Å². The molecule has 0 heterocycles. The second-order valence-electron chi connectivity index (χ2n) is 7.00. The van der Waals surface area contributed by atoms with E-state index in [0.717, 1.165) is 6.42 Å². The van der Waals surface area contributed by atoms with Crippen LogP contribution >= 0.6 is 0 Å². The molecule has 0 spiro atoms. The predicted molar refractivity (Wildman–Crippen MR) is 110 cm³/mol. The smallest absolute Gasteiger partial charge is 0.328 e. The molecule has 0 bridgehead atoms. The molecule has 0 aliphatic carbocycles. The normalized spacial score (nSPS) is 11.8. The molecule has 164 valence electrons. The number of carboxylic acid groups (broad SMARTS) is 2. The van der Waals surface area contributed by atoms with E-state index in [9.17, 15) is 14.4 Å². The van der Waals surface area contributed by atoms with Crippen molar-refractivity contribution in [3.8, 4) is 0 Å². The van der Waals surface area contributed by atoms with Crippen molar-refractivity contribution in [2.75, 3.05) is 20.7 Å². The summed E-state index contributed by atoms with van der Waals surface area (Å²) in [6.07, 6.45) is 14.1. The third-order valence-electron chi connectivity index (χ3n) is 4.23. The van der Waals surface area contributed by atoms with Gasteiger partial charge in [0.1, 0.15) is 6.04 Å². The molecule has 0 aliphatic heterocycles. The summed E-state index contributed by atoms with van der Waals surface area (Å²) in [5, 5.41) is 15.6. The maximum Gasteiger partial charge on any atom is 0.328 e. The molecule has 1 atom stereocenters. The average molecular weight is 402 g/mol. The predicted octanol–water partition coefficient (Wildman–Crippen LogP) is 4.11. The van der Waals surface area contributed by atoms with Crippen LogP contribution in [0.4, 0.5) is 0 Å². The van der Waals surface area contributed by atoms with Crippen LogP contribution < -0.4 is 0 Å². The maximum atomic E-state index is 11.6. The first-order valence-corrected chi connectivity index (χ1v) is 10.2. The molecule has 0 aromatic rings. The first-order valence-electron chi connectivity index (χ1n) is 10.2. The largest absolute Gasteiger partial charge is 0.478 e. The van der Waals surface area contributed by atoms with E-state index in [-0.39, 0.29) is 12.0 Å². The molecule has 7 heteroatoms. The summed E-state index contributed by atoms with van der Waals surface area (Å²) in [4.78, 5) is 32.6. The first kappa shape index (κ1) is 28.3. The van der Waals surface area contributed by atoms with Gasteiger partial charge in [-0.2, -0.15) is 0 Å². The van der Waals surface area contributed by atoms with E-state index < -0.39 is 11.9 Å². The van der Waals surface area contributed by atoms with Gasteiger partial charge in [0.25, 0.3) is 0 Å². The van der Waals surface area contributed by atoms with Crippen LogP contribution in [0.25, 0.3) is 0 Å². The lowest BCUT2D eigenvalue weighted by atomic mass is 10.1. The Kier molecular flexibility index (Phi) is 20.1. The number of esters is 1. The van der Waals surface area contributed by atoms with Crippen LogP contribution in [0, 0.1) is 0 Å². The molecule has 7 nitrogen and oxygen atoms in total. The first-order chi connectivity index (χ1) is 13.2. The maximum absolute atomic E-state index is 11.6. The Morgan fingerprint density at radius 1 is 0.821 bits per heavy atom. The molecule has 0 saturated heterocycles. The molecule has 0 radical (unpaired) electrons. The quantitative estimate of drug-likeness (QED) is 0.242. The van der Waals surface area contributed by atoms with Crippen molar-refractivity contribution >= 4 is 17.9 Å². The summed E-state index contributed by atoms with van der Waals surface area (Å²) in [6.45, 7) is 4.71.